The van der Waals surface area contributed by atoms with Crippen molar-refractivity contribution >= 4 is 6.29 Å². The number of aldehydes is 1. The molecule has 0 amide bonds. The van der Waals surface area contributed by atoms with Crippen LogP contribution in [0.5, 0.6) is 11.5 Å². The van der Waals surface area contributed by atoms with Crippen LogP contribution in [0.1, 0.15) is 62.7 Å². The molecule has 0 heterocycles. The fraction of sp³-hybridized carbons (Fsp3) is 0.526. The summed E-state index contributed by atoms with van der Waals surface area (Å²) in [6.45, 7) is 5.04. The molecule has 1 unspecified atom stereocenters. The average Bonchev–Trinajstić information content (AvgIpc) is 2.53. The molecule has 0 saturated carbocycles. The Kier molecular flexibility index (Phi) is 6.05. The van der Waals surface area contributed by atoms with E-state index in [0.717, 1.165) is 6.42 Å². The Morgan fingerprint density at radius 2 is 2.09 bits per heavy atom. The van der Waals surface area contributed by atoms with Crippen molar-refractivity contribution in [1.29, 1.82) is 0 Å². The van der Waals surface area contributed by atoms with Crippen molar-refractivity contribution in [2.75, 3.05) is 6.61 Å². The molecule has 0 bridgehead atoms. The van der Waals surface area contributed by atoms with E-state index in [1.54, 1.807) is 17.7 Å². The van der Waals surface area contributed by atoms with Crippen LogP contribution in [0.4, 0.5) is 0 Å². The van der Waals surface area contributed by atoms with Crippen LogP contribution >= 0.6 is 0 Å². The lowest BCUT2D eigenvalue weighted by Crippen LogP contribution is -2.13. The molecule has 1 aliphatic rings. The molecule has 0 spiro atoms. The smallest absolute Gasteiger partial charge is 0.157 e. The molecule has 0 saturated heterocycles. The average molecular weight is 302 g/mol. The number of hydrogen-bond donors (Lipinski definition) is 1. The lowest BCUT2D eigenvalue weighted by atomic mass is 9.83. The third kappa shape index (κ3) is 3.90. The number of ether oxygens (including phenoxy) is 1. The second-order valence-electron chi connectivity index (χ2n) is 6.12. The molecule has 0 aliphatic heterocycles. The summed E-state index contributed by atoms with van der Waals surface area (Å²) in [5, 5.41) is 9.72. The van der Waals surface area contributed by atoms with Crippen LogP contribution in [-0.2, 0) is 0 Å². The largest absolute Gasteiger partial charge is 0.507 e. The molecule has 22 heavy (non-hydrogen) atoms. The molecule has 0 radical (unpaired) electrons. The maximum absolute atomic E-state index is 11.1. The van der Waals surface area contributed by atoms with E-state index in [1.807, 2.05) is 0 Å². The highest BCUT2D eigenvalue weighted by Gasteiger charge is 2.18. The number of allylic oxidation sites excluding steroid dienone is 1. The minimum absolute atomic E-state index is 0.0234. The molecule has 1 aromatic rings. The van der Waals surface area contributed by atoms with Crippen molar-refractivity contribution in [1.82, 2.24) is 0 Å². The number of phenolic OH excluding ortho intramolecular Hbond substituents is 1. The van der Waals surface area contributed by atoms with E-state index in [1.165, 1.54) is 43.7 Å². The fourth-order valence-electron chi connectivity index (χ4n) is 3.30. The Bertz CT molecular complexity index is 546. The van der Waals surface area contributed by atoms with Crippen LogP contribution in [-0.4, -0.2) is 18.0 Å². The molecule has 1 aromatic carbocycles. The molecule has 1 N–H and O–H groups in total. The fourth-order valence-corrected chi connectivity index (χ4v) is 3.30. The predicted molar refractivity (Wildman–Crippen MR) is 88.6 cm³/mol. The van der Waals surface area contributed by atoms with Gasteiger partial charge in [-0.15, -0.1) is 0 Å². The molecule has 3 nitrogen and oxygen atoms in total. The second kappa shape index (κ2) is 8.02. The summed E-state index contributed by atoms with van der Waals surface area (Å²) >= 11 is 0. The Morgan fingerprint density at radius 3 is 2.82 bits per heavy atom. The minimum Gasteiger partial charge on any atom is -0.507 e. The maximum Gasteiger partial charge on any atom is 0.157 e. The van der Waals surface area contributed by atoms with Gasteiger partial charge in [-0.05, 0) is 55.7 Å². The zero-order valence-electron chi connectivity index (χ0n) is 13.6. The van der Waals surface area contributed by atoms with E-state index >= 15 is 0 Å². The third-order valence-corrected chi connectivity index (χ3v) is 4.51. The van der Waals surface area contributed by atoms with Crippen molar-refractivity contribution in [2.45, 2.75) is 52.4 Å². The van der Waals surface area contributed by atoms with Gasteiger partial charge in [-0.2, -0.15) is 0 Å². The monoisotopic (exact) mass is 302 g/mol. The summed E-state index contributed by atoms with van der Waals surface area (Å²) in [6.07, 6.45) is 7.78. The van der Waals surface area contributed by atoms with Gasteiger partial charge in [0.15, 0.2) is 6.29 Å². The zero-order valence-corrected chi connectivity index (χ0v) is 13.6. The summed E-state index contributed by atoms with van der Waals surface area (Å²) in [6, 6.07) is 4.95. The highest BCUT2D eigenvalue weighted by molar-refractivity contribution is 5.83. The van der Waals surface area contributed by atoms with Crippen LogP contribution < -0.4 is 4.74 Å². The minimum atomic E-state index is -0.0234. The van der Waals surface area contributed by atoms with Gasteiger partial charge in [0.25, 0.3) is 0 Å². The van der Waals surface area contributed by atoms with Crippen LogP contribution in [0.25, 0.3) is 0 Å². The highest BCUT2D eigenvalue weighted by Crippen LogP contribution is 2.33. The number of rotatable bonds is 7. The molecule has 3 heteroatoms. The van der Waals surface area contributed by atoms with E-state index in [4.69, 9.17) is 4.74 Å². The number of hydrogen-bond acceptors (Lipinski definition) is 3. The van der Waals surface area contributed by atoms with Crippen LogP contribution in [0, 0.1) is 5.92 Å². The molecule has 2 rings (SSSR count). The molecule has 1 atom stereocenters. The third-order valence-electron chi connectivity index (χ3n) is 4.51. The summed E-state index contributed by atoms with van der Waals surface area (Å²) < 4.78 is 5.86. The van der Waals surface area contributed by atoms with Gasteiger partial charge in [0.2, 0.25) is 0 Å². The zero-order chi connectivity index (χ0) is 15.9. The first kappa shape index (κ1) is 16.6. The number of carbonyl (C=O) groups is 1. The topological polar surface area (TPSA) is 46.5 Å². The van der Waals surface area contributed by atoms with Gasteiger partial charge < -0.3 is 9.84 Å². The Labute approximate surface area is 133 Å². The van der Waals surface area contributed by atoms with E-state index in [2.05, 4.69) is 13.8 Å². The molecule has 120 valence electrons. The van der Waals surface area contributed by atoms with E-state index in [-0.39, 0.29) is 11.3 Å². The molecule has 0 fully saturated rings. The Balaban J connectivity index is 2.14. The highest BCUT2D eigenvalue weighted by atomic mass is 16.5. The predicted octanol–water partition coefficient (Wildman–Crippen LogP) is 4.89. The van der Waals surface area contributed by atoms with Crippen LogP contribution in [0.3, 0.4) is 0 Å². The first-order valence-electron chi connectivity index (χ1n) is 8.28. The van der Waals surface area contributed by atoms with E-state index < -0.39 is 0 Å². The Morgan fingerprint density at radius 1 is 1.32 bits per heavy atom. The molecular weight excluding hydrogens is 276 g/mol. The van der Waals surface area contributed by atoms with Crippen LogP contribution in [0.15, 0.2) is 29.3 Å². The van der Waals surface area contributed by atoms with Gasteiger partial charge in [-0.1, -0.05) is 31.9 Å². The molecular formula is C19H26O3. The number of benzene rings is 1. The van der Waals surface area contributed by atoms with Crippen molar-refractivity contribution < 1.29 is 14.6 Å². The van der Waals surface area contributed by atoms with E-state index in [0.29, 0.717) is 24.6 Å². The summed E-state index contributed by atoms with van der Waals surface area (Å²) in [5.41, 5.74) is 3.16. The van der Waals surface area contributed by atoms with Gasteiger partial charge in [0.05, 0.1) is 5.56 Å². The van der Waals surface area contributed by atoms with Crippen LogP contribution in [0.2, 0.25) is 0 Å². The second-order valence-corrected chi connectivity index (χ2v) is 6.12. The van der Waals surface area contributed by atoms with Crippen molar-refractivity contribution in [3.8, 4) is 11.5 Å². The summed E-state index contributed by atoms with van der Waals surface area (Å²) in [4.78, 5) is 11.1. The normalized spacial score (nSPS) is 16.5. The maximum atomic E-state index is 11.1. The molecule has 0 aromatic heterocycles. The number of aromatic hydroxyl groups is 1. The van der Waals surface area contributed by atoms with Gasteiger partial charge in [-0.25, -0.2) is 0 Å². The van der Waals surface area contributed by atoms with E-state index in [9.17, 15) is 9.90 Å². The van der Waals surface area contributed by atoms with Gasteiger partial charge in [0.1, 0.15) is 18.1 Å². The van der Waals surface area contributed by atoms with Gasteiger partial charge in [-0.3, -0.25) is 4.79 Å². The molecule has 1 aliphatic carbocycles. The summed E-state index contributed by atoms with van der Waals surface area (Å²) in [7, 11) is 0. The quantitative estimate of drug-likeness (QED) is 0.576. The van der Waals surface area contributed by atoms with Gasteiger partial charge in [0, 0.05) is 0 Å². The van der Waals surface area contributed by atoms with Crippen molar-refractivity contribution in [3.63, 3.8) is 0 Å². The first-order chi connectivity index (χ1) is 10.7. The Hall–Kier alpha value is -1.77. The first-order valence-corrected chi connectivity index (χ1v) is 8.28. The number of phenols is 1. The lowest BCUT2D eigenvalue weighted by Gasteiger charge is -2.25. The lowest BCUT2D eigenvalue weighted by molar-refractivity contribution is 0.111. The SMILES string of the molecule is CCCC(C)C1=C(COc2cccc(O)c2C=O)CCCC1. The van der Waals surface area contributed by atoms with Crippen molar-refractivity contribution in [2.24, 2.45) is 5.92 Å². The van der Waals surface area contributed by atoms with Crippen molar-refractivity contribution in [3.05, 3.63) is 34.9 Å². The summed E-state index contributed by atoms with van der Waals surface area (Å²) in [5.74, 6) is 1.05. The standard InChI is InChI=1S/C19H26O3/c1-3-7-14(2)16-9-5-4-8-15(16)13-22-19-11-6-10-18(21)17(19)12-20/h6,10-12,14,21H,3-5,7-9,13H2,1-2H3. The van der Waals surface area contributed by atoms with Gasteiger partial charge >= 0.3 is 0 Å². The number of carbonyl (C=O) groups excluding carboxylic acids is 1.